The lowest BCUT2D eigenvalue weighted by molar-refractivity contribution is -0.0310. The second-order valence-corrected chi connectivity index (χ2v) is 6.74. The number of nitrogens with zero attached hydrogens (tertiary/aromatic N) is 1. The minimum absolute atomic E-state index is 0.0706. The molecule has 2 atom stereocenters. The number of hydrogen-bond donors (Lipinski definition) is 1. The Labute approximate surface area is 110 Å². The van der Waals surface area contributed by atoms with Crippen LogP contribution in [-0.4, -0.2) is 41.3 Å². The number of likely N-dealkylation sites (tertiary alicyclic amines) is 1. The number of amides is 1. The van der Waals surface area contributed by atoms with E-state index in [0.717, 1.165) is 38.8 Å². The summed E-state index contributed by atoms with van der Waals surface area (Å²) in [5.74, 6) is 0. The van der Waals surface area contributed by atoms with E-state index in [1.807, 2.05) is 25.7 Å². The van der Waals surface area contributed by atoms with Crippen molar-refractivity contribution in [2.24, 2.45) is 0 Å². The zero-order chi connectivity index (χ0) is 13.4. The molecule has 0 radical (unpaired) electrons. The van der Waals surface area contributed by atoms with Crippen LogP contribution >= 0.6 is 0 Å². The Kier molecular flexibility index (Phi) is 3.58. The number of nitrogens with one attached hydrogen (secondary N) is 1. The van der Waals surface area contributed by atoms with Gasteiger partial charge in [-0.3, -0.25) is 0 Å². The first kappa shape index (κ1) is 13.7. The SMILES string of the molecule is CC(C)(C)OC(=O)N1CCC[C@@H]2NCCC[C@@]21C. The van der Waals surface area contributed by atoms with Crippen molar-refractivity contribution in [2.75, 3.05) is 13.1 Å². The number of carbonyl (C=O) groups excluding carboxylic acids is 1. The van der Waals surface area contributed by atoms with Crippen LogP contribution in [0, 0.1) is 0 Å². The highest BCUT2D eigenvalue weighted by Gasteiger charge is 2.46. The lowest BCUT2D eigenvalue weighted by atomic mass is 9.77. The molecule has 0 aliphatic carbocycles. The van der Waals surface area contributed by atoms with Crippen LogP contribution in [-0.2, 0) is 4.74 Å². The van der Waals surface area contributed by atoms with E-state index in [9.17, 15) is 4.79 Å². The maximum Gasteiger partial charge on any atom is 0.410 e. The summed E-state index contributed by atoms with van der Waals surface area (Å²) in [5, 5.41) is 3.56. The van der Waals surface area contributed by atoms with Crippen molar-refractivity contribution in [3.63, 3.8) is 0 Å². The summed E-state index contributed by atoms with van der Waals surface area (Å²) >= 11 is 0. The average Bonchev–Trinajstić information content (AvgIpc) is 2.25. The maximum atomic E-state index is 12.3. The first-order valence-electron chi connectivity index (χ1n) is 7.07. The summed E-state index contributed by atoms with van der Waals surface area (Å²) in [4.78, 5) is 14.3. The third kappa shape index (κ3) is 2.63. The molecule has 0 bridgehead atoms. The Balaban J connectivity index is 2.13. The molecular weight excluding hydrogens is 228 g/mol. The average molecular weight is 254 g/mol. The standard InChI is InChI=1S/C14H26N2O2/c1-13(2,3)18-12(17)16-10-5-7-11-14(16,4)8-6-9-15-11/h11,15H,5-10H2,1-4H3/t11-,14-/m0/s1. The van der Waals surface area contributed by atoms with Gasteiger partial charge in [0.1, 0.15) is 5.60 Å². The number of piperidine rings is 2. The fourth-order valence-electron chi connectivity index (χ4n) is 3.18. The van der Waals surface area contributed by atoms with Gasteiger partial charge >= 0.3 is 6.09 Å². The van der Waals surface area contributed by atoms with Crippen LogP contribution < -0.4 is 5.32 Å². The van der Waals surface area contributed by atoms with Gasteiger partial charge in [0.05, 0.1) is 5.54 Å². The zero-order valence-electron chi connectivity index (χ0n) is 12.1. The van der Waals surface area contributed by atoms with E-state index in [1.165, 1.54) is 0 Å². The van der Waals surface area contributed by atoms with Crippen molar-refractivity contribution in [3.8, 4) is 0 Å². The Morgan fingerprint density at radius 3 is 2.78 bits per heavy atom. The van der Waals surface area contributed by atoms with Gasteiger partial charge < -0.3 is 15.0 Å². The zero-order valence-corrected chi connectivity index (χ0v) is 12.1. The Bertz CT molecular complexity index is 322. The fourth-order valence-corrected chi connectivity index (χ4v) is 3.18. The third-order valence-corrected chi connectivity index (χ3v) is 4.11. The number of rotatable bonds is 0. The van der Waals surface area contributed by atoms with E-state index in [2.05, 4.69) is 12.2 Å². The molecule has 0 unspecified atom stereocenters. The van der Waals surface area contributed by atoms with Gasteiger partial charge in [-0.2, -0.15) is 0 Å². The van der Waals surface area contributed by atoms with E-state index < -0.39 is 5.60 Å². The lowest BCUT2D eigenvalue weighted by Gasteiger charge is -2.52. The van der Waals surface area contributed by atoms with Crippen LogP contribution in [0.15, 0.2) is 0 Å². The smallest absolute Gasteiger partial charge is 0.410 e. The fraction of sp³-hybridized carbons (Fsp3) is 0.929. The van der Waals surface area contributed by atoms with Crippen LogP contribution in [0.2, 0.25) is 0 Å². The highest BCUT2D eigenvalue weighted by molar-refractivity contribution is 5.69. The third-order valence-electron chi connectivity index (χ3n) is 4.11. The highest BCUT2D eigenvalue weighted by Crippen LogP contribution is 2.35. The van der Waals surface area contributed by atoms with Gasteiger partial charge in [-0.05, 0) is 59.9 Å². The molecule has 2 saturated heterocycles. The number of carbonyl (C=O) groups is 1. The highest BCUT2D eigenvalue weighted by atomic mass is 16.6. The minimum atomic E-state index is -0.414. The molecular formula is C14H26N2O2. The predicted octanol–water partition coefficient (Wildman–Crippen LogP) is 2.53. The van der Waals surface area contributed by atoms with Crippen LogP contribution in [0.5, 0.6) is 0 Å². The lowest BCUT2D eigenvalue weighted by Crippen LogP contribution is -2.66. The Morgan fingerprint density at radius 1 is 1.39 bits per heavy atom. The second-order valence-electron chi connectivity index (χ2n) is 6.74. The minimum Gasteiger partial charge on any atom is -0.444 e. The number of hydrogen-bond acceptors (Lipinski definition) is 3. The van der Waals surface area contributed by atoms with Gasteiger partial charge in [-0.15, -0.1) is 0 Å². The quantitative estimate of drug-likeness (QED) is 0.722. The summed E-state index contributed by atoms with van der Waals surface area (Å²) in [6, 6.07) is 0.424. The molecule has 2 rings (SSSR count). The molecule has 2 aliphatic heterocycles. The van der Waals surface area contributed by atoms with Crippen molar-refractivity contribution < 1.29 is 9.53 Å². The molecule has 1 amide bonds. The molecule has 4 nitrogen and oxygen atoms in total. The second kappa shape index (κ2) is 4.72. The first-order valence-corrected chi connectivity index (χ1v) is 7.07. The van der Waals surface area contributed by atoms with E-state index in [0.29, 0.717) is 6.04 Å². The van der Waals surface area contributed by atoms with Crippen molar-refractivity contribution in [1.29, 1.82) is 0 Å². The predicted molar refractivity (Wildman–Crippen MR) is 71.6 cm³/mol. The van der Waals surface area contributed by atoms with Crippen LogP contribution in [0.25, 0.3) is 0 Å². The molecule has 0 aromatic rings. The molecule has 4 heteroatoms. The molecule has 2 fully saturated rings. The Hall–Kier alpha value is -0.770. The van der Waals surface area contributed by atoms with Gasteiger partial charge in [-0.25, -0.2) is 4.79 Å². The van der Waals surface area contributed by atoms with Gasteiger partial charge in [0, 0.05) is 12.6 Å². The monoisotopic (exact) mass is 254 g/mol. The molecule has 0 saturated carbocycles. The maximum absolute atomic E-state index is 12.3. The molecule has 0 aromatic heterocycles. The van der Waals surface area contributed by atoms with E-state index in [4.69, 9.17) is 4.74 Å². The topological polar surface area (TPSA) is 41.6 Å². The molecule has 0 aromatic carbocycles. The normalized spacial score (nSPS) is 32.9. The summed E-state index contributed by atoms with van der Waals surface area (Å²) in [5.41, 5.74) is -0.485. The van der Waals surface area contributed by atoms with Gasteiger partial charge in [0.2, 0.25) is 0 Å². The molecule has 2 aliphatic rings. The van der Waals surface area contributed by atoms with Gasteiger partial charge in [0.25, 0.3) is 0 Å². The first-order chi connectivity index (χ1) is 8.33. The van der Waals surface area contributed by atoms with Crippen LogP contribution in [0.4, 0.5) is 4.79 Å². The van der Waals surface area contributed by atoms with E-state index in [1.54, 1.807) is 0 Å². The number of fused-ring (bicyclic) bond motifs is 1. The largest absolute Gasteiger partial charge is 0.444 e. The van der Waals surface area contributed by atoms with E-state index in [-0.39, 0.29) is 11.6 Å². The van der Waals surface area contributed by atoms with Crippen LogP contribution in [0.3, 0.4) is 0 Å². The Morgan fingerprint density at radius 2 is 2.11 bits per heavy atom. The summed E-state index contributed by atoms with van der Waals surface area (Å²) in [6.07, 6.45) is 4.27. The molecule has 0 spiro atoms. The number of ether oxygens (including phenoxy) is 1. The van der Waals surface area contributed by atoms with Gasteiger partial charge in [0.15, 0.2) is 0 Å². The van der Waals surface area contributed by atoms with Crippen molar-refractivity contribution in [1.82, 2.24) is 10.2 Å². The van der Waals surface area contributed by atoms with Crippen LogP contribution in [0.1, 0.15) is 53.4 Å². The van der Waals surface area contributed by atoms with Crippen molar-refractivity contribution in [2.45, 2.75) is 70.6 Å². The molecule has 2 heterocycles. The van der Waals surface area contributed by atoms with Gasteiger partial charge in [-0.1, -0.05) is 0 Å². The molecule has 18 heavy (non-hydrogen) atoms. The van der Waals surface area contributed by atoms with E-state index >= 15 is 0 Å². The van der Waals surface area contributed by atoms with Crippen molar-refractivity contribution >= 4 is 6.09 Å². The molecule has 1 N–H and O–H groups in total. The summed E-state index contributed by atoms with van der Waals surface area (Å²) in [7, 11) is 0. The summed E-state index contributed by atoms with van der Waals surface area (Å²) < 4.78 is 5.55. The summed E-state index contributed by atoms with van der Waals surface area (Å²) in [6.45, 7) is 9.87. The van der Waals surface area contributed by atoms with Crippen molar-refractivity contribution in [3.05, 3.63) is 0 Å². The molecule has 104 valence electrons.